The van der Waals surface area contributed by atoms with E-state index in [0.29, 0.717) is 36.9 Å². The summed E-state index contributed by atoms with van der Waals surface area (Å²) in [5, 5.41) is 20.4. The first-order valence-electron chi connectivity index (χ1n) is 13.9. The molecule has 9 nitrogen and oxygen atoms in total. The van der Waals surface area contributed by atoms with Crippen molar-refractivity contribution in [2.24, 2.45) is 5.92 Å². The minimum atomic E-state index is -5.08. The van der Waals surface area contributed by atoms with Crippen molar-refractivity contribution in [2.45, 2.75) is 58.3 Å². The Morgan fingerprint density at radius 2 is 1.93 bits per heavy atom. The Kier molecular flexibility index (Phi) is 11.7. The highest BCUT2D eigenvalue weighted by Gasteiger charge is 2.38. The third-order valence-electron chi connectivity index (χ3n) is 7.29. The summed E-state index contributed by atoms with van der Waals surface area (Å²) in [6, 6.07) is 8.41. The molecule has 1 amide bonds. The number of aliphatic hydroxyl groups excluding tert-OH is 1. The molecule has 3 N–H and O–H groups in total. The monoisotopic (exact) mass is 593 g/mol. The molecule has 42 heavy (non-hydrogen) atoms. The summed E-state index contributed by atoms with van der Waals surface area (Å²) in [5.41, 5.74) is 5.53. The maximum absolute atomic E-state index is 13.5. The molecule has 2 aliphatic rings. The fraction of sp³-hybridized carbons (Fsp3) is 0.500. The van der Waals surface area contributed by atoms with Crippen LogP contribution in [0.4, 0.5) is 18.9 Å². The summed E-state index contributed by atoms with van der Waals surface area (Å²) in [5.74, 6) is -2.38. The highest BCUT2D eigenvalue weighted by atomic mass is 19.4. The number of hydrogen-bond donors (Lipinski definition) is 3. The lowest BCUT2D eigenvalue weighted by Crippen LogP contribution is -2.40. The van der Waals surface area contributed by atoms with E-state index in [1.807, 2.05) is 25.1 Å². The SMILES string of the molecule is CCN(c1cccc2c1C/C=C\C(CO)Cc1cc(C)nc(OC)c1CNC2=O)C1CCOCC1.O=C(O)C(F)(F)F. The number of carbonyl (C=O) groups is 2. The van der Waals surface area contributed by atoms with Gasteiger partial charge in [-0.25, -0.2) is 9.78 Å². The number of fused-ring (bicyclic) bond motifs is 2. The van der Waals surface area contributed by atoms with Gasteiger partial charge in [-0.15, -0.1) is 0 Å². The summed E-state index contributed by atoms with van der Waals surface area (Å²) in [6.07, 6.45) is 2.33. The Bertz CT molecular complexity index is 1260. The second kappa shape index (κ2) is 15.0. The zero-order valence-corrected chi connectivity index (χ0v) is 24.0. The Balaban J connectivity index is 0.000000616. The third-order valence-corrected chi connectivity index (χ3v) is 7.29. The van der Waals surface area contributed by atoms with Crippen LogP contribution in [-0.2, 0) is 28.9 Å². The minimum Gasteiger partial charge on any atom is -0.481 e. The van der Waals surface area contributed by atoms with E-state index >= 15 is 0 Å². The third kappa shape index (κ3) is 8.45. The first-order chi connectivity index (χ1) is 20.0. The molecule has 0 saturated carbocycles. The van der Waals surface area contributed by atoms with Gasteiger partial charge in [0.2, 0.25) is 5.88 Å². The molecule has 0 aliphatic carbocycles. The summed E-state index contributed by atoms with van der Waals surface area (Å²) in [6.45, 7) is 6.85. The molecular weight excluding hydrogens is 555 g/mol. The number of carbonyl (C=O) groups excluding carboxylic acids is 1. The highest BCUT2D eigenvalue weighted by molar-refractivity contribution is 5.97. The van der Waals surface area contributed by atoms with Crippen LogP contribution in [0.1, 0.15) is 52.5 Å². The number of aromatic nitrogens is 1. The molecule has 1 unspecified atom stereocenters. The average molecular weight is 594 g/mol. The number of methoxy groups -OCH3 is 1. The van der Waals surface area contributed by atoms with Crippen LogP contribution in [0.3, 0.4) is 0 Å². The molecule has 0 radical (unpaired) electrons. The quantitative estimate of drug-likeness (QED) is 0.441. The zero-order valence-electron chi connectivity index (χ0n) is 24.0. The smallest absolute Gasteiger partial charge is 0.481 e. The Morgan fingerprint density at radius 1 is 1.24 bits per heavy atom. The second-order valence-corrected chi connectivity index (χ2v) is 10.1. The molecule has 1 aromatic heterocycles. The molecule has 0 spiro atoms. The van der Waals surface area contributed by atoms with Crippen molar-refractivity contribution in [1.82, 2.24) is 10.3 Å². The Labute approximate surface area is 243 Å². The van der Waals surface area contributed by atoms with Crippen molar-refractivity contribution in [3.8, 4) is 5.88 Å². The number of carboxylic acid groups (broad SMARTS) is 1. The van der Waals surface area contributed by atoms with Gasteiger partial charge in [-0.3, -0.25) is 4.79 Å². The number of aliphatic carboxylic acids is 1. The molecule has 1 aromatic carbocycles. The van der Waals surface area contributed by atoms with Crippen molar-refractivity contribution in [3.05, 3.63) is 64.4 Å². The van der Waals surface area contributed by atoms with Crippen LogP contribution in [-0.4, -0.2) is 72.8 Å². The summed E-state index contributed by atoms with van der Waals surface area (Å²) >= 11 is 0. The molecular formula is C30H38F3N3O6. The summed E-state index contributed by atoms with van der Waals surface area (Å²) < 4.78 is 42.9. The van der Waals surface area contributed by atoms with Crippen LogP contribution >= 0.6 is 0 Å². The standard InChI is InChI=1S/C28H37N3O4.C2HF3O2/c1-4-31(22-11-13-35-14-12-22)26-10-6-9-24-23(26)8-5-7-20(18-32)16-21-15-19(2)30-28(34-3)25(21)17-29-27(24)33;3-2(4,5)1(6)7/h5-7,9-10,15,20,22,32H,4,8,11-14,16-18H2,1-3H3,(H,29,33);(H,6,7)/b7-5-;. The van der Waals surface area contributed by atoms with E-state index in [4.69, 9.17) is 19.4 Å². The van der Waals surface area contributed by atoms with E-state index in [-0.39, 0.29) is 18.4 Å². The normalized spacial score (nSPS) is 18.5. The van der Waals surface area contributed by atoms with E-state index in [1.165, 1.54) is 0 Å². The van der Waals surface area contributed by atoms with E-state index in [2.05, 4.69) is 40.3 Å². The predicted molar refractivity (Wildman–Crippen MR) is 151 cm³/mol. The molecule has 230 valence electrons. The maximum Gasteiger partial charge on any atom is 0.490 e. The number of allylic oxidation sites excluding steroid dienone is 1. The fourth-order valence-corrected chi connectivity index (χ4v) is 5.29. The molecule has 0 bridgehead atoms. The molecule has 12 heteroatoms. The molecule has 1 saturated heterocycles. The highest BCUT2D eigenvalue weighted by Crippen LogP contribution is 2.31. The number of ether oxygens (including phenoxy) is 2. The molecule has 2 aromatic rings. The molecule has 1 atom stereocenters. The van der Waals surface area contributed by atoms with Gasteiger partial charge in [0.05, 0.1) is 7.11 Å². The molecule has 4 rings (SSSR count). The van der Waals surface area contributed by atoms with Crippen LogP contribution in [0.2, 0.25) is 0 Å². The zero-order chi connectivity index (χ0) is 30.9. The topological polar surface area (TPSA) is 121 Å². The van der Waals surface area contributed by atoms with Crippen molar-refractivity contribution in [3.63, 3.8) is 0 Å². The number of aryl methyl sites for hydroxylation is 1. The molecule has 2 aliphatic heterocycles. The second-order valence-electron chi connectivity index (χ2n) is 10.1. The van der Waals surface area contributed by atoms with Crippen LogP contribution in [0.5, 0.6) is 5.88 Å². The number of rotatable bonds is 5. The number of aliphatic hydroxyl groups is 1. The lowest BCUT2D eigenvalue weighted by Gasteiger charge is -2.37. The number of halogens is 3. The van der Waals surface area contributed by atoms with Gasteiger partial charge in [0.1, 0.15) is 0 Å². The van der Waals surface area contributed by atoms with Crippen molar-refractivity contribution in [1.29, 1.82) is 0 Å². The van der Waals surface area contributed by atoms with Gasteiger partial charge < -0.3 is 29.9 Å². The Morgan fingerprint density at radius 3 is 2.52 bits per heavy atom. The number of benzene rings is 1. The average Bonchev–Trinajstić information content (AvgIpc) is 2.96. The fourth-order valence-electron chi connectivity index (χ4n) is 5.29. The van der Waals surface area contributed by atoms with Crippen LogP contribution in [0.15, 0.2) is 36.4 Å². The van der Waals surface area contributed by atoms with E-state index in [0.717, 1.165) is 60.7 Å². The van der Waals surface area contributed by atoms with Crippen molar-refractivity contribution in [2.75, 3.05) is 38.4 Å². The largest absolute Gasteiger partial charge is 0.490 e. The van der Waals surface area contributed by atoms with Gasteiger partial charge in [-0.2, -0.15) is 13.2 Å². The molecule has 3 heterocycles. The van der Waals surface area contributed by atoms with E-state index in [1.54, 1.807) is 7.11 Å². The van der Waals surface area contributed by atoms with Crippen LogP contribution in [0, 0.1) is 12.8 Å². The van der Waals surface area contributed by atoms with E-state index < -0.39 is 12.1 Å². The number of nitrogens with zero attached hydrogens (tertiary/aromatic N) is 2. The lowest BCUT2D eigenvalue weighted by molar-refractivity contribution is -0.192. The van der Waals surface area contributed by atoms with Crippen LogP contribution < -0.4 is 15.0 Å². The van der Waals surface area contributed by atoms with Crippen LogP contribution in [0.25, 0.3) is 0 Å². The lowest BCUT2D eigenvalue weighted by atomic mass is 9.93. The number of hydrogen-bond acceptors (Lipinski definition) is 7. The molecule has 1 fully saturated rings. The Hall–Kier alpha value is -3.64. The summed E-state index contributed by atoms with van der Waals surface area (Å²) in [4.78, 5) is 29.3. The van der Waals surface area contributed by atoms with Gasteiger partial charge in [0.25, 0.3) is 5.91 Å². The number of nitrogens with one attached hydrogen (secondary N) is 1. The van der Waals surface area contributed by atoms with Crippen molar-refractivity contribution >= 4 is 17.6 Å². The van der Waals surface area contributed by atoms with Gasteiger partial charge in [0.15, 0.2) is 0 Å². The van der Waals surface area contributed by atoms with Gasteiger partial charge in [-0.1, -0.05) is 18.2 Å². The number of anilines is 1. The first-order valence-corrected chi connectivity index (χ1v) is 13.9. The van der Waals surface area contributed by atoms with Gasteiger partial charge >= 0.3 is 12.1 Å². The maximum atomic E-state index is 13.5. The summed E-state index contributed by atoms with van der Waals surface area (Å²) in [7, 11) is 1.60. The van der Waals surface area contributed by atoms with Gasteiger partial charge in [0, 0.05) is 67.4 Å². The van der Waals surface area contributed by atoms with Crippen molar-refractivity contribution < 1.29 is 42.4 Å². The minimum absolute atomic E-state index is 0.0382. The van der Waals surface area contributed by atoms with Gasteiger partial charge in [-0.05, 0) is 68.9 Å². The number of pyridine rings is 1. The first kappa shape index (κ1) is 32.9. The number of amides is 1. The van der Waals surface area contributed by atoms with E-state index in [9.17, 15) is 23.1 Å². The number of alkyl halides is 3. The number of carboxylic acids is 1. The predicted octanol–water partition coefficient (Wildman–Crippen LogP) is 4.23.